The molecule has 14 heavy (non-hydrogen) atoms. The van der Waals surface area contributed by atoms with E-state index in [0.29, 0.717) is 6.42 Å². The van der Waals surface area contributed by atoms with E-state index in [4.69, 9.17) is 11.6 Å². The molecule has 0 saturated carbocycles. The largest absolute Gasteiger partial charge is 0.390 e. The van der Waals surface area contributed by atoms with Gasteiger partial charge in [-0.1, -0.05) is 30.7 Å². The van der Waals surface area contributed by atoms with Crippen LogP contribution in [-0.2, 0) is 6.42 Å². The minimum absolute atomic E-state index is 0.614. The maximum Gasteiger partial charge on any atom is 0.0657 e. The number of hydrogen-bond acceptors (Lipinski definition) is 1. The molecule has 0 aromatic heterocycles. The summed E-state index contributed by atoms with van der Waals surface area (Å²) in [5.41, 5.74) is 1.51. The first-order valence-corrected chi connectivity index (χ1v) is 5.30. The second kappa shape index (κ2) is 4.33. The molecule has 0 aliphatic heterocycles. The second-order valence-corrected chi connectivity index (χ2v) is 4.53. The first-order chi connectivity index (χ1) is 6.44. The van der Waals surface area contributed by atoms with Crippen LogP contribution in [0.5, 0.6) is 0 Å². The topological polar surface area (TPSA) is 20.2 Å². The Hall–Kier alpha value is -0.530. The van der Waals surface area contributed by atoms with Crippen LogP contribution in [0.1, 0.15) is 31.4 Å². The highest BCUT2D eigenvalue weighted by Crippen LogP contribution is 2.23. The van der Waals surface area contributed by atoms with Crippen LogP contribution in [0.3, 0.4) is 0 Å². The summed E-state index contributed by atoms with van der Waals surface area (Å²) in [6.07, 6.45) is 1.35. The zero-order chi connectivity index (χ0) is 10.8. The van der Waals surface area contributed by atoms with Gasteiger partial charge in [-0.3, -0.25) is 0 Å². The van der Waals surface area contributed by atoms with Crippen molar-refractivity contribution in [2.24, 2.45) is 0 Å². The lowest BCUT2D eigenvalue weighted by molar-refractivity contribution is 0.0565. The molecule has 0 amide bonds. The summed E-state index contributed by atoms with van der Waals surface area (Å²) in [7, 11) is 0. The number of hydrogen-bond donors (Lipinski definition) is 1. The predicted octanol–water partition coefficient (Wildman–Crippen LogP) is 3.35. The lowest BCUT2D eigenvalue weighted by atomic mass is 9.94. The smallest absolute Gasteiger partial charge is 0.0657 e. The van der Waals surface area contributed by atoms with Gasteiger partial charge < -0.3 is 5.11 Å². The Labute approximate surface area is 90.7 Å². The molecule has 0 aliphatic rings. The number of aliphatic hydroxyl groups is 1. The molecule has 1 N–H and O–H groups in total. The van der Waals surface area contributed by atoms with Crippen molar-refractivity contribution in [2.75, 3.05) is 0 Å². The number of rotatable bonds is 3. The van der Waals surface area contributed by atoms with Crippen molar-refractivity contribution >= 4 is 11.6 Å². The van der Waals surface area contributed by atoms with Crippen molar-refractivity contribution < 1.29 is 5.11 Å². The van der Waals surface area contributed by atoms with Gasteiger partial charge in [0, 0.05) is 11.4 Å². The molecule has 1 atom stereocenters. The normalized spacial score (nSPS) is 15.2. The van der Waals surface area contributed by atoms with E-state index in [1.165, 1.54) is 0 Å². The summed E-state index contributed by atoms with van der Waals surface area (Å²) >= 11 is 6.08. The van der Waals surface area contributed by atoms with Gasteiger partial charge in [0.25, 0.3) is 0 Å². The molecule has 1 unspecified atom stereocenters. The van der Waals surface area contributed by atoms with Gasteiger partial charge >= 0.3 is 0 Å². The standard InChI is InChI=1S/C12H17ClO/c1-4-12(3,14)8-10-6-5-9(2)7-11(10)13/h5-7,14H,4,8H2,1-3H3. The van der Waals surface area contributed by atoms with Crippen LogP contribution in [0, 0.1) is 6.92 Å². The van der Waals surface area contributed by atoms with Crippen molar-refractivity contribution in [1.82, 2.24) is 0 Å². The molecule has 78 valence electrons. The fourth-order valence-electron chi connectivity index (χ4n) is 1.33. The summed E-state index contributed by atoms with van der Waals surface area (Å²) < 4.78 is 0. The van der Waals surface area contributed by atoms with Crippen LogP contribution in [0.4, 0.5) is 0 Å². The third-order valence-electron chi connectivity index (χ3n) is 2.54. The first kappa shape index (κ1) is 11.5. The molecule has 0 aliphatic carbocycles. The van der Waals surface area contributed by atoms with Crippen molar-refractivity contribution in [3.63, 3.8) is 0 Å². The molecule has 1 aromatic rings. The summed E-state index contributed by atoms with van der Waals surface area (Å²) in [6.45, 7) is 5.82. The highest BCUT2D eigenvalue weighted by Gasteiger charge is 2.19. The van der Waals surface area contributed by atoms with Crippen molar-refractivity contribution in [2.45, 2.75) is 39.2 Å². The molecule has 2 heteroatoms. The second-order valence-electron chi connectivity index (χ2n) is 4.12. The summed E-state index contributed by atoms with van der Waals surface area (Å²) in [5, 5.41) is 10.7. The van der Waals surface area contributed by atoms with E-state index >= 15 is 0 Å². The van der Waals surface area contributed by atoms with Gasteiger partial charge in [-0.15, -0.1) is 0 Å². The van der Waals surface area contributed by atoms with Crippen molar-refractivity contribution in [1.29, 1.82) is 0 Å². The summed E-state index contributed by atoms with van der Waals surface area (Å²) in [4.78, 5) is 0. The third kappa shape index (κ3) is 3.00. The van der Waals surface area contributed by atoms with Crippen LogP contribution in [-0.4, -0.2) is 10.7 Å². The van der Waals surface area contributed by atoms with E-state index in [1.807, 2.05) is 39.0 Å². The zero-order valence-corrected chi connectivity index (χ0v) is 9.73. The molecule has 0 heterocycles. The molecule has 1 rings (SSSR count). The first-order valence-electron chi connectivity index (χ1n) is 4.92. The Balaban J connectivity index is 2.87. The lowest BCUT2D eigenvalue weighted by Crippen LogP contribution is -2.25. The van der Waals surface area contributed by atoms with Gasteiger partial charge in [-0.2, -0.15) is 0 Å². The SMILES string of the molecule is CCC(C)(O)Cc1ccc(C)cc1Cl. The van der Waals surface area contributed by atoms with E-state index in [-0.39, 0.29) is 0 Å². The van der Waals surface area contributed by atoms with E-state index < -0.39 is 5.60 Å². The third-order valence-corrected chi connectivity index (χ3v) is 2.89. The van der Waals surface area contributed by atoms with E-state index in [2.05, 4.69) is 0 Å². The highest BCUT2D eigenvalue weighted by atomic mass is 35.5. The maximum absolute atomic E-state index is 9.91. The molecule has 1 nitrogen and oxygen atoms in total. The Morgan fingerprint density at radius 1 is 1.43 bits per heavy atom. The summed E-state index contributed by atoms with van der Waals surface area (Å²) in [5.74, 6) is 0. The monoisotopic (exact) mass is 212 g/mol. The van der Waals surface area contributed by atoms with Crippen LogP contribution < -0.4 is 0 Å². The predicted molar refractivity (Wildman–Crippen MR) is 60.8 cm³/mol. The fourth-order valence-corrected chi connectivity index (χ4v) is 1.63. The average Bonchev–Trinajstić information content (AvgIpc) is 2.10. The molecule has 0 spiro atoms. The number of aryl methyl sites for hydroxylation is 1. The molecular weight excluding hydrogens is 196 g/mol. The molecule has 1 aromatic carbocycles. The van der Waals surface area contributed by atoms with Crippen molar-refractivity contribution in [3.8, 4) is 0 Å². The Morgan fingerprint density at radius 3 is 2.57 bits per heavy atom. The Bertz CT molecular complexity index is 318. The Morgan fingerprint density at radius 2 is 2.07 bits per heavy atom. The van der Waals surface area contributed by atoms with Crippen LogP contribution >= 0.6 is 11.6 Å². The molecule has 0 fully saturated rings. The summed E-state index contributed by atoms with van der Waals surface area (Å²) in [6, 6.07) is 5.94. The van der Waals surface area contributed by atoms with Gasteiger partial charge in [0.05, 0.1) is 5.60 Å². The lowest BCUT2D eigenvalue weighted by Gasteiger charge is -2.21. The van der Waals surface area contributed by atoms with Crippen LogP contribution in [0.15, 0.2) is 18.2 Å². The molecular formula is C12H17ClO. The van der Waals surface area contributed by atoms with Gasteiger partial charge in [0.15, 0.2) is 0 Å². The quantitative estimate of drug-likeness (QED) is 0.815. The van der Waals surface area contributed by atoms with E-state index in [0.717, 1.165) is 22.6 Å². The average molecular weight is 213 g/mol. The highest BCUT2D eigenvalue weighted by molar-refractivity contribution is 6.31. The molecule has 0 bridgehead atoms. The number of halogens is 1. The minimum atomic E-state index is -0.654. The molecule has 0 saturated heterocycles. The minimum Gasteiger partial charge on any atom is -0.390 e. The van der Waals surface area contributed by atoms with Gasteiger partial charge in [-0.25, -0.2) is 0 Å². The van der Waals surface area contributed by atoms with E-state index in [9.17, 15) is 5.11 Å². The zero-order valence-electron chi connectivity index (χ0n) is 8.97. The van der Waals surface area contributed by atoms with Gasteiger partial charge in [-0.05, 0) is 37.5 Å². The fraction of sp³-hybridized carbons (Fsp3) is 0.500. The van der Waals surface area contributed by atoms with Crippen LogP contribution in [0.25, 0.3) is 0 Å². The van der Waals surface area contributed by atoms with Crippen molar-refractivity contribution in [3.05, 3.63) is 34.3 Å². The maximum atomic E-state index is 9.91. The Kier molecular flexibility index (Phi) is 3.57. The van der Waals surface area contributed by atoms with E-state index in [1.54, 1.807) is 0 Å². The van der Waals surface area contributed by atoms with Gasteiger partial charge in [0.2, 0.25) is 0 Å². The van der Waals surface area contributed by atoms with Crippen LogP contribution in [0.2, 0.25) is 5.02 Å². The van der Waals surface area contributed by atoms with Gasteiger partial charge in [0.1, 0.15) is 0 Å². The number of benzene rings is 1. The molecule has 0 radical (unpaired) electrons.